The SMILES string of the molecule is CN=C(NCCCn1cccn1)N1CCN(C(C)c2ccc(Br)cc2)CC1.I. The Kier molecular flexibility index (Phi) is 9.73. The van der Waals surface area contributed by atoms with Gasteiger partial charge in [0.25, 0.3) is 0 Å². The van der Waals surface area contributed by atoms with Crippen molar-refractivity contribution >= 4 is 45.9 Å². The Bertz CT molecular complexity index is 711. The minimum atomic E-state index is 0. The van der Waals surface area contributed by atoms with Gasteiger partial charge in [0, 0.05) is 69.2 Å². The molecule has 154 valence electrons. The zero-order valence-corrected chi connectivity index (χ0v) is 20.5. The summed E-state index contributed by atoms with van der Waals surface area (Å²) in [7, 11) is 1.87. The fraction of sp³-hybridized carbons (Fsp3) is 0.500. The van der Waals surface area contributed by atoms with Crippen LogP contribution in [0.25, 0.3) is 0 Å². The minimum absolute atomic E-state index is 0. The van der Waals surface area contributed by atoms with Gasteiger partial charge in [0.15, 0.2) is 5.96 Å². The second kappa shape index (κ2) is 11.8. The van der Waals surface area contributed by atoms with Crippen LogP contribution in [-0.4, -0.2) is 65.3 Å². The van der Waals surface area contributed by atoms with Crippen LogP contribution in [0, 0.1) is 0 Å². The van der Waals surface area contributed by atoms with Crippen molar-refractivity contribution < 1.29 is 0 Å². The number of benzene rings is 1. The highest BCUT2D eigenvalue weighted by Gasteiger charge is 2.23. The molecule has 1 fully saturated rings. The van der Waals surface area contributed by atoms with E-state index >= 15 is 0 Å². The van der Waals surface area contributed by atoms with Crippen LogP contribution in [0.2, 0.25) is 0 Å². The van der Waals surface area contributed by atoms with Crippen molar-refractivity contribution in [1.82, 2.24) is 24.9 Å². The Morgan fingerprint density at radius 1 is 1.21 bits per heavy atom. The highest BCUT2D eigenvalue weighted by atomic mass is 127. The summed E-state index contributed by atoms with van der Waals surface area (Å²) in [5.74, 6) is 1.01. The third-order valence-electron chi connectivity index (χ3n) is 5.13. The summed E-state index contributed by atoms with van der Waals surface area (Å²) in [6.07, 6.45) is 4.85. The molecular weight excluding hydrogens is 531 g/mol. The number of nitrogens with one attached hydrogen (secondary N) is 1. The molecule has 0 saturated carbocycles. The first-order chi connectivity index (χ1) is 13.2. The van der Waals surface area contributed by atoms with Crippen LogP contribution in [-0.2, 0) is 6.54 Å². The first-order valence-corrected chi connectivity index (χ1v) is 10.4. The van der Waals surface area contributed by atoms with Gasteiger partial charge in [0.1, 0.15) is 0 Å². The average molecular weight is 561 g/mol. The van der Waals surface area contributed by atoms with Crippen LogP contribution in [0.1, 0.15) is 24.9 Å². The fourth-order valence-electron chi connectivity index (χ4n) is 3.48. The maximum atomic E-state index is 4.47. The number of piperazine rings is 1. The molecule has 2 aromatic rings. The topological polar surface area (TPSA) is 48.7 Å². The van der Waals surface area contributed by atoms with Gasteiger partial charge < -0.3 is 10.2 Å². The summed E-state index contributed by atoms with van der Waals surface area (Å²) < 4.78 is 3.10. The Morgan fingerprint density at radius 2 is 1.93 bits per heavy atom. The predicted molar refractivity (Wildman–Crippen MR) is 129 cm³/mol. The van der Waals surface area contributed by atoms with E-state index in [1.54, 1.807) is 0 Å². The van der Waals surface area contributed by atoms with Gasteiger partial charge in [-0.05, 0) is 37.1 Å². The molecule has 0 aliphatic carbocycles. The standard InChI is InChI=1S/C20H29BrN6.HI/c1-17(18-5-7-19(21)8-6-18)25-13-15-26(16-14-25)20(22-2)23-9-3-11-27-12-4-10-24-27;/h4-8,10,12,17H,3,9,11,13-16H2,1-2H3,(H,22,23);1H. The van der Waals surface area contributed by atoms with Gasteiger partial charge in [0.05, 0.1) is 0 Å². The molecule has 6 nitrogen and oxygen atoms in total. The zero-order chi connectivity index (χ0) is 19.1. The Hall–Kier alpha value is -1.13. The van der Waals surface area contributed by atoms with Crippen molar-refractivity contribution in [2.75, 3.05) is 39.8 Å². The van der Waals surface area contributed by atoms with Gasteiger partial charge in [-0.1, -0.05) is 28.1 Å². The maximum absolute atomic E-state index is 4.47. The van der Waals surface area contributed by atoms with Gasteiger partial charge in [-0.3, -0.25) is 14.6 Å². The normalized spacial score (nSPS) is 16.5. The Morgan fingerprint density at radius 3 is 2.54 bits per heavy atom. The van der Waals surface area contributed by atoms with Gasteiger partial charge in [-0.15, -0.1) is 24.0 Å². The zero-order valence-electron chi connectivity index (χ0n) is 16.6. The van der Waals surface area contributed by atoms with Gasteiger partial charge in [-0.2, -0.15) is 5.10 Å². The molecule has 8 heteroatoms. The van der Waals surface area contributed by atoms with Gasteiger partial charge in [0.2, 0.25) is 0 Å². The molecule has 0 spiro atoms. The highest BCUT2D eigenvalue weighted by molar-refractivity contribution is 14.0. The molecule has 2 heterocycles. The molecular formula is C20H30BrIN6. The van der Waals surface area contributed by atoms with Gasteiger partial charge >= 0.3 is 0 Å². The Labute approximate surface area is 193 Å². The number of hydrogen-bond donors (Lipinski definition) is 1. The van der Waals surface area contributed by atoms with E-state index in [0.717, 1.165) is 56.1 Å². The molecule has 1 aromatic heterocycles. The fourth-order valence-corrected chi connectivity index (χ4v) is 3.74. The van der Waals surface area contributed by atoms with Crippen molar-refractivity contribution in [1.29, 1.82) is 0 Å². The molecule has 3 rings (SSSR count). The molecule has 0 radical (unpaired) electrons. The first-order valence-electron chi connectivity index (χ1n) is 9.60. The molecule has 1 aliphatic heterocycles. The number of aryl methyl sites for hydroxylation is 1. The smallest absolute Gasteiger partial charge is 0.193 e. The van der Waals surface area contributed by atoms with Crippen LogP contribution in [0.4, 0.5) is 0 Å². The maximum Gasteiger partial charge on any atom is 0.193 e. The molecule has 1 unspecified atom stereocenters. The summed E-state index contributed by atoms with van der Waals surface area (Å²) in [6, 6.07) is 11.1. The minimum Gasteiger partial charge on any atom is -0.356 e. The van der Waals surface area contributed by atoms with E-state index < -0.39 is 0 Å². The van der Waals surface area contributed by atoms with E-state index in [1.807, 2.05) is 30.2 Å². The lowest BCUT2D eigenvalue weighted by molar-refractivity contribution is 0.138. The van der Waals surface area contributed by atoms with Crippen molar-refractivity contribution in [2.24, 2.45) is 4.99 Å². The summed E-state index contributed by atoms with van der Waals surface area (Å²) in [5.41, 5.74) is 1.37. The number of nitrogens with zero attached hydrogens (tertiary/aromatic N) is 5. The second-order valence-corrected chi connectivity index (χ2v) is 7.76. The number of aromatic nitrogens is 2. The van der Waals surface area contributed by atoms with E-state index in [0.29, 0.717) is 6.04 Å². The van der Waals surface area contributed by atoms with E-state index in [-0.39, 0.29) is 24.0 Å². The second-order valence-electron chi connectivity index (χ2n) is 6.85. The van der Waals surface area contributed by atoms with E-state index in [1.165, 1.54) is 5.56 Å². The van der Waals surface area contributed by atoms with Gasteiger partial charge in [-0.25, -0.2) is 0 Å². The molecule has 1 aliphatic rings. The number of halogens is 2. The monoisotopic (exact) mass is 560 g/mol. The summed E-state index contributed by atoms with van der Waals surface area (Å²) in [6.45, 7) is 8.22. The van der Waals surface area contributed by atoms with E-state index in [9.17, 15) is 0 Å². The molecule has 1 saturated heterocycles. The van der Waals surface area contributed by atoms with Crippen LogP contribution in [0.15, 0.2) is 52.2 Å². The predicted octanol–water partition coefficient (Wildman–Crippen LogP) is 3.61. The van der Waals surface area contributed by atoms with E-state index in [4.69, 9.17) is 0 Å². The number of rotatable bonds is 6. The first kappa shape index (κ1) is 23.2. The molecule has 0 amide bonds. The number of hydrogen-bond acceptors (Lipinski definition) is 3. The molecule has 1 atom stereocenters. The van der Waals surface area contributed by atoms with Crippen LogP contribution >= 0.6 is 39.9 Å². The van der Waals surface area contributed by atoms with Crippen molar-refractivity contribution in [3.8, 4) is 0 Å². The van der Waals surface area contributed by atoms with Crippen LogP contribution < -0.4 is 5.32 Å². The summed E-state index contributed by atoms with van der Waals surface area (Å²) in [5, 5.41) is 7.73. The third-order valence-corrected chi connectivity index (χ3v) is 5.66. The summed E-state index contributed by atoms with van der Waals surface area (Å²) >= 11 is 3.51. The quantitative estimate of drug-likeness (QED) is 0.254. The molecule has 28 heavy (non-hydrogen) atoms. The van der Waals surface area contributed by atoms with Crippen molar-refractivity contribution in [3.63, 3.8) is 0 Å². The molecule has 0 bridgehead atoms. The highest BCUT2D eigenvalue weighted by Crippen LogP contribution is 2.23. The van der Waals surface area contributed by atoms with Crippen molar-refractivity contribution in [3.05, 3.63) is 52.8 Å². The molecule has 1 aromatic carbocycles. The molecule has 1 N–H and O–H groups in total. The number of guanidine groups is 1. The van der Waals surface area contributed by atoms with E-state index in [2.05, 4.69) is 72.3 Å². The Balaban J connectivity index is 0.00000280. The van der Waals surface area contributed by atoms with Crippen LogP contribution in [0.5, 0.6) is 0 Å². The summed E-state index contributed by atoms with van der Waals surface area (Å²) in [4.78, 5) is 9.38. The lowest BCUT2D eigenvalue weighted by Gasteiger charge is -2.39. The lowest BCUT2D eigenvalue weighted by Crippen LogP contribution is -2.53. The average Bonchev–Trinajstić information content (AvgIpc) is 3.22. The lowest BCUT2D eigenvalue weighted by atomic mass is 10.1. The van der Waals surface area contributed by atoms with Crippen LogP contribution in [0.3, 0.4) is 0 Å². The number of aliphatic imine (C=N–C) groups is 1. The largest absolute Gasteiger partial charge is 0.356 e. The third kappa shape index (κ3) is 6.45. The van der Waals surface area contributed by atoms with Crippen molar-refractivity contribution in [2.45, 2.75) is 25.9 Å².